The Bertz CT molecular complexity index is 600. The van der Waals surface area contributed by atoms with Gasteiger partial charge in [0.1, 0.15) is 16.4 Å². The normalized spacial score (nSPS) is 9.80. The molecule has 8 heteroatoms. The topological polar surface area (TPSA) is 101 Å². The molecular weight excluding hydrogens is 282 g/mol. The zero-order valence-corrected chi connectivity index (χ0v) is 11.0. The van der Waals surface area contributed by atoms with Gasteiger partial charge in [-0.05, 0) is 12.1 Å². The monoisotopic (exact) mass is 293 g/mol. The molecule has 7 nitrogen and oxygen atoms in total. The summed E-state index contributed by atoms with van der Waals surface area (Å²) < 4.78 is 5.16. The predicted molar refractivity (Wildman–Crippen MR) is 72.8 cm³/mol. The maximum Gasteiger partial charge on any atom is 0.346 e. The minimum atomic E-state index is -1.02. The van der Waals surface area contributed by atoms with E-state index >= 15 is 0 Å². The molecule has 2 rings (SSSR count). The molecule has 0 saturated carbocycles. The second-order valence-electron chi connectivity index (χ2n) is 3.63. The summed E-state index contributed by atoms with van der Waals surface area (Å²) in [5.41, 5.74) is 5.03. The lowest BCUT2D eigenvalue weighted by Crippen LogP contribution is -2.33. The van der Waals surface area contributed by atoms with Crippen molar-refractivity contribution in [1.29, 1.82) is 0 Å². The van der Waals surface area contributed by atoms with Crippen molar-refractivity contribution in [3.63, 3.8) is 0 Å². The van der Waals surface area contributed by atoms with Crippen LogP contribution in [0.3, 0.4) is 0 Å². The number of carbonyl (C=O) groups excluding carboxylic acids is 1. The number of nitrogens with zero attached hydrogens (tertiary/aromatic N) is 1. The summed E-state index contributed by atoms with van der Waals surface area (Å²) in [5.74, 6) is -0.574. The first-order valence-corrected chi connectivity index (χ1v) is 6.43. The molecule has 104 valence electrons. The van der Waals surface area contributed by atoms with E-state index in [1.54, 1.807) is 24.4 Å². The molecule has 1 amide bonds. The minimum Gasteiger partial charge on any atom is -0.483 e. The van der Waals surface area contributed by atoms with Crippen LogP contribution >= 0.6 is 11.3 Å². The van der Waals surface area contributed by atoms with Gasteiger partial charge in [0.2, 0.25) is 0 Å². The number of carboxylic acids is 1. The fraction of sp³-hybridized carbons (Fsp3) is 0.0833. The number of nitrogens with one attached hydrogen (secondary N) is 2. The summed E-state index contributed by atoms with van der Waals surface area (Å²) in [5, 5.41) is 10.3. The van der Waals surface area contributed by atoms with E-state index in [2.05, 4.69) is 15.8 Å². The number of hydrogen-bond acceptors (Lipinski definition) is 6. The Hall–Kier alpha value is -2.61. The van der Waals surface area contributed by atoms with E-state index in [9.17, 15) is 9.59 Å². The number of pyridine rings is 1. The molecule has 2 aromatic rings. The van der Waals surface area contributed by atoms with Gasteiger partial charge in [0.25, 0.3) is 5.91 Å². The van der Waals surface area contributed by atoms with Crippen molar-refractivity contribution < 1.29 is 19.4 Å². The number of anilines is 1. The Balaban J connectivity index is 1.76. The van der Waals surface area contributed by atoms with Gasteiger partial charge in [-0.3, -0.25) is 15.6 Å². The average Bonchev–Trinajstić information content (AvgIpc) is 2.93. The SMILES string of the molecule is O=C(COc1csc(C(=O)O)c1)NNc1ccccn1. The molecule has 0 aromatic carbocycles. The number of amides is 1. The van der Waals surface area contributed by atoms with Crippen LogP contribution in [0.5, 0.6) is 5.75 Å². The molecule has 0 spiro atoms. The zero-order valence-electron chi connectivity index (χ0n) is 10.2. The summed E-state index contributed by atoms with van der Waals surface area (Å²) in [6.45, 7) is -0.227. The Morgan fingerprint density at radius 2 is 2.25 bits per heavy atom. The van der Waals surface area contributed by atoms with Crippen LogP contribution in [-0.2, 0) is 4.79 Å². The van der Waals surface area contributed by atoms with Crippen molar-refractivity contribution in [2.75, 3.05) is 12.0 Å². The molecule has 0 unspecified atom stereocenters. The molecule has 0 bridgehead atoms. The third-order valence-corrected chi connectivity index (χ3v) is 3.05. The van der Waals surface area contributed by atoms with Gasteiger partial charge in [-0.25, -0.2) is 9.78 Å². The van der Waals surface area contributed by atoms with Gasteiger partial charge in [0.15, 0.2) is 6.61 Å². The first kappa shape index (κ1) is 13.8. The number of carboxylic acid groups (broad SMARTS) is 1. The number of ether oxygens (including phenoxy) is 1. The molecule has 20 heavy (non-hydrogen) atoms. The van der Waals surface area contributed by atoms with Gasteiger partial charge in [-0.1, -0.05) is 6.07 Å². The molecule has 2 heterocycles. The van der Waals surface area contributed by atoms with Gasteiger partial charge >= 0.3 is 5.97 Å². The second kappa shape index (κ2) is 6.53. The van der Waals surface area contributed by atoms with E-state index in [1.165, 1.54) is 11.4 Å². The number of thiophene rings is 1. The first-order valence-electron chi connectivity index (χ1n) is 5.55. The summed E-state index contributed by atoms with van der Waals surface area (Å²) in [6, 6.07) is 6.59. The third kappa shape index (κ3) is 3.95. The van der Waals surface area contributed by atoms with Crippen LogP contribution in [0.2, 0.25) is 0 Å². The number of aromatic carboxylic acids is 1. The van der Waals surface area contributed by atoms with E-state index in [-0.39, 0.29) is 11.5 Å². The molecule has 0 atom stereocenters. The summed E-state index contributed by atoms with van der Waals surface area (Å²) in [6.07, 6.45) is 1.59. The van der Waals surface area contributed by atoms with Crippen molar-refractivity contribution in [3.05, 3.63) is 40.7 Å². The van der Waals surface area contributed by atoms with Gasteiger partial charge < -0.3 is 9.84 Å². The van der Waals surface area contributed by atoms with Crippen molar-refractivity contribution in [2.45, 2.75) is 0 Å². The Morgan fingerprint density at radius 1 is 1.40 bits per heavy atom. The van der Waals surface area contributed by atoms with Gasteiger partial charge in [-0.2, -0.15) is 0 Å². The average molecular weight is 293 g/mol. The lowest BCUT2D eigenvalue weighted by atomic mass is 10.4. The van der Waals surface area contributed by atoms with E-state index in [0.29, 0.717) is 11.6 Å². The van der Waals surface area contributed by atoms with Crippen LogP contribution in [-0.4, -0.2) is 28.6 Å². The third-order valence-electron chi connectivity index (χ3n) is 2.15. The highest BCUT2D eigenvalue weighted by atomic mass is 32.1. The molecule has 0 saturated heterocycles. The summed E-state index contributed by atoms with van der Waals surface area (Å²) >= 11 is 1.04. The maximum absolute atomic E-state index is 11.5. The molecule has 2 aromatic heterocycles. The van der Waals surface area contributed by atoms with Crippen LogP contribution in [0.4, 0.5) is 5.82 Å². The van der Waals surface area contributed by atoms with E-state index in [4.69, 9.17) is 9.84 Å². The maximum atomic E-state index is 11.5. The molecule has 0 fully saturated rings. The fourth-order valence-electron chi connectivity index (χ4n) is 1.26. The van der Waals surface area contributed by atoms with Crippen LogP contribution in [0, 0.1) is 0 Å². The fourth-order valence-corrected chi connectivity index (χ4v) is 1.93. The lowest BCUT2D eigenvalue weighted by Gasteiger charge is -2.07. The largest absolute Gasteiger partial charge is 0.483 e. The van der Waals surface area contributed by atoms with E-state index < -0.39 is 11.9 Å². The highest BCUT2D eigenvalue weighted by molar-refractivity contribution is 7.12. The first-order chi connectivity index (χ1) is 9.65. The number of rotatable bonds is 6. The number of aromatic nitrogens is 1. The predicted octanol–water partition coefficient (Wildman–Crippen LogP) is 1.36. The van der Waals surface area contributed by atoms with E-state index in [0.717, 1.165) is 11.3 Å². The molecule has 0 aliphatic carbocycles. The standard InChI is InChI=1S/C12H11N3O4S/c16-11(15-14-10-3-1-2-4-13-10)6-19-8-5-9(12(17)18)20-7-8/h1-5,7H,6H2,(H,13,14)(H,15,16)(H,17,18). The minimum absolute atomic E-state index is 0.159. The number of hydrogen-bond donors (Lipinski definition) is 3. The Morgan fingerprint density at radius 3 is 2.90 bits per heavy atom. The summed E-state index contributed by atoms with van der Waals surface area (Å²) in [7, 11) is 0. The second-order valence-corrected chi connectivity index (χ2v) is 4.54. The van der Waals surface area contributed by atoms with Crippen LogP contribution in [0.15, 0.2) is 35.8 Å². The van der Waals surface area contributed by atoms with E-state index in [1.807, 2.05) is 0 Å². The van der Waals surface area contributed by atoms with Crippen LogP contribution < -0.4 is 15.6 Å². The van der Waals surface area contributed by atoms with Crippen molar-refractivity contribution >= 4 is 29.0 Å². The molecule has 0 aliphatic rings. The quantitative estimate of drug-likeness (QED) is 0.695. The zero-order chi connectivity index (χ0) is 14.4. The lowest BCUT2D eigenvalue weighted by molar-refractivity contribution is -0.122. The number of hydrazine groups is 1. The molecular formula is C12H11N3O4S. The Kier molecular flexibility index (Phi) is 4.51. The molecule has 0 radical (unpaired) electrons. The van der Waals surface area contributed by atoms with Gasteiger partial charge in [-0.15, -0.1) is 11.3 Å². The summed E-state index contributed by atoms with van der Waals surface area (Å²) in [4.78, 5) is 26.3. The smallest absolute Gasteiger partial charge is 0.346 e. The highest BCUT2D eigenvalue weighted by Gasteiger charge is 2.09. The van der Waals surface area contributed by atoms with Crippen LogP contribution in [0.1, 0.15) is 9.67 Å². The van der Waals surface area contributed by atoms with Crippen molar-refractivity contribution in [3.8, 4) is 5.75 Å². The Labute approximate surface area is 118 Å². The van der Waals surface area contributed by atoms with Crippen LogP contribution in [0.25, 0.3) is 0 Å². The van der Waals surface area contributed by atoms with Crippen molar-refractivity contribution in [1.82, 2.24) is 10.4 Å². The molecule has 3 N–H and O–H groups in total. The van der Waals surface area contributed by atoms with Crippen molar-refractivity contribution in [2.24, 2.45) is 0 Å². The highest BCUT2D eigenvalue weighted by Crippen LogP contribution is 2.21. The molecule has 0 aliphatic heterocycles. The van der Waals surface area contributed by atoms with Gasteiger partial charge in [0, 0.05) is 17.6 Å². The number of carbonyl (C=O) groups is 2. The van der Waals surface area contributed by atoms with Gasteiger partial charge in [0.05, 0.1) is 0 Å².